The lowest BCUT2D eigenvalue weighted by Gasteiger charge is -2.18. The van der Waals surface area contributed by atoms with E-state index in [1.54, 1.807) is 12.1 Å². The van der Waals surface area contributed by atoms with Gasteiger partial charge in [-0.1, -0.05) is 19.1 Å². The Labute approximate surface area is 177 Å². The third-order valence-corrected chi connectivity index (χ3v) is 6.87. The molecule has 0 bridgehead atoms. The van der Waals surface area contributed by atoms with E-state index >= 15 is 0 Å². The topological polar surface area (TPSA) is 82.2 Å². The Morgan fingerprint density at radius 1 is 1.00 bits per heavy atom. The maximum absolute atomic E-state index is 12.6. The number of fused-ring (bicyclic) bond motifs is 1. The highest BCUT2D eigenvalue weighted by Gasteiger charge is 2.20. The van der Waals surface area contributed by atoms with Crippen LogP contribution >= 0.6 is 0 Å². The molecular formula is C24H26N2O3S. The Kier molecular flexibility index (Phi) is 5.38. The van der Waals surface area contributed by atoms with E-state index in [-0.39, 0.29) is 10.7 Å². The van der Waals surface area contributed by atoms with Crippen LogP contribution < -0.4 is 5.14 Å². The largest absolute Gasteiger partial charge is 0.313 e. The van der Waals surface area contributed by atoms with Crippen molar-refractivity contribution in [1.82, 2.24) is 4.57 Å². The fourth-order valence-corrected chi connectivity index (χ4v) is 4.82. The quantitative estimate of drug-likeness (QED) is 0.612. The van der Waals surface area contributed by atoms with Crippen LogP contribution in [-0.4, -0.2) is 18.8 Å². The normalized spacial score (nSPS) is 13.8. The van der Waals surface area contributed by atoms with Gasteiger partial charge in [-0.3, -0.25) is 4.79 Å². The molecule has 1 aliphatic carbocycles. The van der Waals surface area contributed by atoms with Crippen molar-refractivity contribution >= 4 is 15.8 Å². The van der Waals surface area contributed by atoms with Crippen LogP contribution in [0.5, 0.6) is 0 Å². The summed E-state index contributed by atoms with van der Waals surface area (Å²) >= 11 is 0. The second-order valence-electron chi connectivity index (χ2n) is 7.87. The second-order valence-corrected chi connectivity index (χ2v) is 9.43. The predicted molar refractivity (Wildman–Crippen MR) is 119 cm³/mol. The van der Waals surface area contributed by atoms with Crippen LogP contribution in [0.25, 0.3) is 16.9 Å². The van der Waals surface area contributed by atoms with Crippen molar-refractivity contribution < 1.29 is 13.2 Å². The Hall–Kier alpha value is -2.70. The molecule has 0 saturated carbocycles. The van der Waals surface area contributed by atoms with E-state index in [0.717, 1.165) is 35.5 Å². The van der Waals surface area contributed by atoms with Crippen LogP contribution in [0.3, 0.4) is 0 Å². The number of nitrogens with two attached hydrogens (primary N) is 1. The number of ketones is 1. The molecule has 2 N–H and O–H groups in total. The van der Waals surface area contributed by atoms with E-state index in [0.29, 0.717) is 12.0 Å². The van der Waals surface area contributed by atoms with Gasteiger partial charge < -0.3 is 4.57 Å². The van der Waals surface area contributed by atoms with Crippen molar-refractivity contribution in [3.8, 4) is 16.9 Å². The predicted octanol–water partition coefficient (Wildman–Crippen LogP) is 4.57. The summed E-state index contributed by atoms with van der Waals surface area (Å²) in [6.45, 7) is 3.79. The molecule has 0 amide bonds. The molecular weight excluding hydrogens is 396 g/mol. The van der Waals surface area contributed by atoms with Crippen LogP contribution in [0.2, 0.25) is 0 Å². The van der Waals surface area contributed by atoms with E-state index < -0.39 is 10.0 Å². The van der Waals surface area contributed by atoms with E-state index in [9.17, 15) is 13.2 Å². The number of Topliss-reactive ketones (excluding diaryl/α,β-unsaturated/α-hetero) is 1. The van der Waals surface area contributed by atoms with Gasteiger partial charge in [0.15, 0.2) is 5.78 Å². The molecule has 0 aliphatic heterocycles. The zero-order valence-corrected chi connectivity index (χ0v) is 18.1. The highest BCUT2D eigenvalue weighted by atomic mass is 32.2. The standard InChI is InChI=1S/C24H26N2O3S/c1-3-24(27)22-15-23(19-9-8-17-6-4-5-7-18(17)14-19)26(16(22)2)20-10-12-21(13-11-20)30(25,28)29/h8-15H,3-7H2,1-2H3,(H2,25,28,29). The van der Waals surface area contributed by atoms with Crippen LogP contribution in [0.15, 0.2) is 53.4 Å². The highest BCUT2D eigenvalue weighted by molar-refractivity contribution is 7.89. The smallest absolute Gasteiger partial charge is 0.238 e. The number of aromatic nitrogens is 1. The summed E-state index contributed by atoms with van der Waals surface area (Å²) < 4.78 is 25.3. The Morgan fingerprint density at radius 3 is 2.30 bits per heavy atom. The van der Waals surface area contributed by atoms with Gasteiger partial charge in [-0.15, -0.1) is 0 Å². The number of primary sulfonamides is 1. The Morgan fingerprint density at radius 2 is 1.67 bits per heavy atom. The molecule has 30 heavy (non-hydrogen) atoms. The van der Waals surface area contributed by atoms with E-state index in [4.69, 9.17) is 5.14 Å². The third-order valence-electron chi connectivity index (χ3n) is 5.94. The average molecular weight is 423 g/mol. The lowest BCUT2D eigenvalue weighted by Crippen LogP contribution is -2.12. The number of aryl methyl sites for hydroxylation is 2. The molecule has 4 rings (SSSR count). The van der Waals surface area contributed by atoms with Gasteiger partial charge in [0.1, 0.15) is 0 Å². The molecule has 3 aromatic rings. The number of sulfonamides is 1. The lowest BCUT2D eigenvalue weighted by molar-refractivity contribution is 0.0987. The first-order valence-electron chi connectivity index (χ1n) is 10.3. The number of nitrogens with zero attached hydrogens (tertiary/aromatic N) is 1. The van der Waals surface area contributed by atoms with Gasteiger partial charge in [-0.25, -0.2) is 13.6 Å². The number of carbonyl (C=O) groups is 1. The van der Waals surface area contributed by atoms with Gasteiger partial charge in [0.05, 0.1) is 10.6 Å². The minimum absolute atomic E-state index is 0.0660. The van der Waals surface area contributed by atoms with Crippen LogP contribution in [0, 0.1) is 6.92 Å². The zero-order valence-electron chi connectivity index (χ0n) is 17.3. The van der Waals surface area contributed by atoms with Gasteiger partial charge in [0.25, 0.3) is 0 Å². The number of hydrogen-bond acceptors (Lipinski definition) is 3. The van der Waals surface area contributed by atoms with Crippen LogP contribution in [0.1, 0.15) is 53.4 Å². The fourth-order valence-electron chi connectivity index (χ4n) is 4.30. The number of benzene rings is 2. The highest BCUT2D eigenvalue weighted by Crippen LogP contribution is 2.33. The summed E-state index contributed by atoms with van der Waals surface area (Å²) in [6.07, 6.45) is 5.05. The molecule has 1 heterocycles. The van der Waals surface area contributed by atoms with Crippen molar-refractivity contribution in [3.63, 3.8) is 0 Å². The maximum Gasteiger partial charge on any atom is 0.238 e. The molecule has 1 aromatic heterocycles. The lowest BCUT2D eigenvalue weighted by atomic mass is 9.90. The summed E-state index contributed by atoms with van der Waals surface area (Å²) in [5, 5.41) is 5.24. The Balaban J connectivity index is 1.89. The summed E-state index contributed by atoms with van der Waals surface area (Å²) in [6, 6.07) is 15.0. The number of carbonyl (C=O) groups excluding carboxylic acids is 1. The summed E-state index contributed by atoms with van der Waals surface area (Å²) in [5.74, 6) is 0.0895. The number of hydrogen-bond donors (Lipinski definition) is 1. The minimum Gasteiger partial charge on any atom is -0.313 e. The number of rotatable bonds is 5. The first-order valence-corrected chi connectivity index (χ1v) is 11.8. The minimum atomic E-state index is -3.76. The van der Waals surface area contributed by atoms with Crippen molar-refractivity contribution in [2.24, 2.45) is 5.14 Å². The molecule has 0 spiro atoms. The van der Waals surface area contributed by atoms with Gasteiger partial charge in [-0.05, 0) is 85.7 Å². The molecule has 6 heteroatoms. The molecule has 0 atom stereocenters. The van der Waals surface area contributed by atoms with Crippen LogP contribution in [-0.2, 0) is 22.9 Å². The molecule has 0 unspecified atom stereocenters. The SMILES string of the molecule is CCC(=O)c1cc(-c2ccc3c(c2)CCCC3)n(-c2ccc(S(N)(=O)=O)cc2)c1C. The fraction of sp³-hybridized carbons (Fsp3) is 0.292. The molecule has 0 saturated heterocycles. The summed E-state index contributed by atoms with van der Waals surface area (Å²) in [4.78, 5) is 12.6. The average Bonchev–Trinajstić information content (AvgIpc) is 3.09. The van der Waals surface area contributed by atoms with Gasteiger partial charge in [0.2, 0.25) is 10.0 Å². The van der Waals surface area contributed by atoms with E-state index in [2.05, 4.69) is 18.2 Å². The van der Waals surface area contributed by atoms with Crippen molar-refractivity contribution in [2.75, 3.05) is 0 Å². The monoisotopic (exact) mass is 422 g/mol. The first-order chi connectivity index (χ1) is 14.3. The van der Waals surface area contributed by atoms with Gasteiger partial charge >= 0.3 is 0 Å². The molecule has 0 fully saturated rings. The van der Waals surface area contributed by atoms with E-state index in [1.807, 2.05) is 24.5 Å². The summed E-state index contributed by atoms with van der Waals surface area (Å²) in [5.41, 5.74) is 7.10. The molecule has 156 valence electrons. The molecule has 5 nitrogen and oxygen atoms in total. The van der Waals surface area contributed by atoms with Crippen LogP contribution in [0.4, 0.5) is 0 Å². The molecule has 0 radical (unpaired) electrons. The van der Waals surface area contributed by atoms with Crippen molar-refractivity contribution in [3.05, 3.63) is 70.9 Å². The zero-order chi connectivity index (χ0) is 21.5. The third kappa shape index (κ3) is 3.73. The maximum atomic E-state index is 12.6. The van der Waals surface area contributed by atoms with Gasteiger partial charge in [0, 0.05) is 23.4 Å². The molecule has 2 aromatic carbocycles. The van der Waals surface area contributed by atoms with Crippen molar-refractivity contribution in [2.45, 2.75) is 50.8 Å². The first kappa shape index (κ1) is 20.6. The van der Waals surface area contributed by atoms with Gasteiger partial charge in [-0.2, -0.15) is 0 Å². The second kappa shape index (κ2) is 7.85. The Bertz CT molecular complexity index is 1220. The molecule has 1 aliphatic rings. The van der Waals surface area contributed by atoms with E-state index in [1.165, 1.54) is 36.1 Å². The summed E-state index contributed by atoms with van der Waals surface area (Å²) in [7, 11) is -3.76. The van der Waals surface area contributed by atoms with Crippen molar-refractivity contribution in [1.29, 1.82) is 0 Å².